The van der Waals surface area contributed by atoms with E-state index in [0.29, 0.717) is 9.49 Å². The van der Waals surface area contributed by atoms with Crippen LogP contribution in [0.2, 0.25) is 0 Å². The number of nitrogens with zero attached hydrogens (tertiary/aromatic N) is 4. The van der Waals surface area contributed by atoms with Crippen LogP contribution in [-0.2, 0) is 0 Å². The van der Waals surface area contributed by atoms with Crippen LogP contribution in [0.15, 0.2) is 35.4 Å². The van der Waals surface area contributed by atoms with Gasteiger partial charge in [-0.1, -0.05) is 23.5 Å². The minimum atomic E-state index is -0.0679. The summed E-state index contributed by atoms with van der Waals surface area (Å²) >= 11 is 1.35. The van der Waals surface area contributed by atoms with Crippen molar-refractivity contribution in [2.24, 2.45) is 0 Å². The highest BCUT2D eigenvalue weighted by molar-refractivity contribution is 7.15. The average Bonchev–Trinajstić information content (AvgIpc) is 2.95. The van der Waals surface area contributed by atoms with Gasteiger partial charge in [0.1, 0.15) is 6.33 Å². The van der Waals surface area contributed by atoms with E-state index in [1.807, 2.05) is 49.3 Å². The van der Waals surface area contributed by atoms with Gasteiger partial charge in [0, 0.05) is 19.8 Å². The van der Waals surface area contributed by atoms with Gasteiger partial charge >= 0.3 is 0 Å². The van der Waals surface area contributed by atoms with Crippen molar-refractivity contribution < 1.29 is 0 Å². The molecule has 0 aliphatic rings. The van der Waals surface area contributed by atoms with Gasteiger partial charge in [-0.15, -0.1) is 10.2 Å². The van der Waals surface area contributed by atoms with Gasteiger partial charge in [0.25, 0.3) is 5.56 Å². The summed E-state index contributed by atoms with van der Waals surface area (Å²) in [6.45, 7) is 0. The summed E-state index contributed by atoms with van der Waals surface area (Å²) < 4.78 is 2.13. The summed E-state index contributed by atoms with van der Waals surface area (Å²) in [6.07, 6.45) is 3.32. The molecule has 0 atom stereocenters. The van der Waals surface area contributed by atoms with Gasteiger partial charge in [-0.05, 0) is 23.8 Å². The molecule has 96 valence electrons. The van der Waals surface area contributed by atoms with Crippen LogP contribution < -0.4 is 15.0 Å². The molecule has 0 spiro atoms. The first-order chi connectivity index (χ1) is 9.15. The van der Waals surface area contributed by atoms with Crippen molar-refractivity contribution in [1.82, 2.24) is 14.6 Å². The largest absolute Gasteiger partial charge is 0.378 e. The summed E-state index contributed by atoms with van der Waals surface area (Å²) in [5.74, 6) is 0. The molecule has 0 radical (unpaired) electrons. The van der Waals surface area contributed by atoms with Crippen LogP contribution in [0.1, 0.15) is 5.56 Å². The Balaban J connectivity index is 2.07. The Kier molecular flexibility index (Phi) is 2.79. The van der Waals surface area contributed by atoms with E-state index >= 15 is 0 Å². The summed E-state index contributed by atoms with van der Waals surface area (Å²) in [6, 6.07) is 8.04. The van der Waals surface area contributed by atoms with E-state index in [9.17, 15) is 4.79 Å². The second kappa shape index (κ2) is 4.47. The van der Waals surface area contributed by atoms with E-state index in [0.717, 1.165) is 11.3 Å². The van der Waals surface area contributed by atoms with Gasteiger partial charge in [0.15, 0.2) is 0 Å². The summed E-state index contributed by atoms with van der Waals surface area (Å²) in [7, 11) is 3.99. The van der Waals surface area contributed by atoms with Crippen molar-refractivity contribution in [2.75, 3.05) is 19.0 Å². The fourth-order valence-electron chi connectivity index (χ4n) is 1.81. The van der Waals surface area contributed by atoms with E-state index < -0.39 is 0 Å². The highest BCUT2D eigenvalue weighted by atomic mass is 32.1. The van der Waals surface area contributed by atoms with Crippen LogP contribution in [0, 0.1) is 0 Å². The van der Waals surface area contributed by atoms with E-state index in [2.05, 4.69) is 10.2 Å². The maximum absolute atomic E-state index is 12.0. The Labute approximate surface area is 113 Å². The van der Waals surface area contributed by atoms with E-state index in [4.69, 9.17) is 0 Å². The Morgan fingerprint density at radius 3 is 2.63 bits per heavy atom. The van der Waals surface area contributed by atoms with E-state index in [-0.39, 0.29) is 5.56 Å². The smallest absolute Gasteiger partial charge is 0.275 e. The van der Waals surface area contributed by atoms with Crippen LogP contribution in [0.25, 0.3) is 11.0 Å². The van der Waals surface area contributed by atoms with Crippen molar-refractivity contribution in [1.29, 1.82) is 0 Å². The first-order valence-corrected chi connectivity index (χ1v) is 6.58. The zero-order valence-electron chi connectivity index (χ0n) is 10.6. The molecule has 0 saturated carbocycles. The summed E-state index contributed by atoms with van der Waals surface area (Å²) in [5.41, 5.74) is 2.06. The molecule has 3 aromatic rings. The fraction of sp³-hybridized carbons (Fsp3) is 0.154. The van der Waals surface area contributed by atoms with Crippen LogP contribution in [0.4, 0.5) is 5.69 Å². The van der Waals surface area contributed by atoms with Crippen LogP contribution in [0.5, 0.6) is 0 Å². The SMILES string of the molecule is CN(C)c1ccc(C=c2sc3nncn3c2=O)cc1. The Hall–Kier alpha value is -2.21. The highest BCUT2D eigenvalue weighted by Crippen LogP contribution is 2.12. The third-order valence-corrected chi connectivity index (χ3v) is 3.83. The van der Waals surface area contributed by atoms with Crippen molar-refractivity contribution in [3.63, 3.8) is 0 Å². The molecular formula is C13H12N4OS. The number of aromatic nitrogens is 3. The molecular weight excluding hydrogens is 260 g/mol. The van der Waals surface area contributed by atoms with E-state index in [1.165, 1.54) is 22.1 Å². The lowest BCUT2D eigenvalue weighted by atomic mass is 10.2. The second-order valence-corrected chi connectivity index (χ2v) is 5.39. The molecule has 19 heavy (non-hydrogen) atoms. The lowest BCUT2D eigenvalue weighted by molar-refractivity contribution is 1.08. The number of thiazole rings is 1. The van der Waals surface area contributed by atoms with Gasteiger partial charge in [-0.2, -0.15) is 0 Å². The minimum absolute atomic E-state index is 0.0679. The van der Waals surface area contributed by atoms with Crippen molar-refractivity contribution in [3.05, 3.63) is 51.0 Å². The van der Waals surface area contributed by atoms with Crippen LogP contribution in [-0.4, -0.2) is 28.7 Å². The molecule has 0 amide bonds. The van der Waals surface area contributed by atoms with Gasteiger partial charge in [-0.3, -0.25) is 4.79 Å². The number of hydrogen-bond acceptors (Lipinski definition) is 5. The van der Waals surface area contributed by atoms with Crippen LogP contribution >= 0.6 is 11.3 Å². The minimum Gasteiger partial charge on any atom is -0.378 e. The summed E-state index contributed by atoms with van der Waals surface area (Å²) in [5, 5.41) is 7.59. The number of anilines is 1. The standard InChI is InChI=1S/C13H12N4OS/c1-16(2)10-5-3-9(4-6-10)7-11-12(18)17-8-14-15-13(17)19-11/h3-8H,1-2H3. The van der Waals surface area contributed by atoms with Gasteiger partial charge in [0.05, 0.1) is 4.53 Å². The molecule has 3 rings (SSSR count). The molecule has 0 N–H and O–H groups in total. The summed E-state index contributed by atoms with van der Waals surface area (Å²) in [4.78, 5) is 14.7. The highest BCUT2D eigenvalue weighted by Gasteiger charge is 2.04. The lowest BCUT2D eigenvalue weighted by Crippen LogP contribution is -2.22. The van der Waals surface area contributed by atoms with Gasteiger partial charge < -0.3 is 4.90 Å². The van der Waals surface area contributed by atoms with E-state index in [1.54, 1.807) is 0 Å². The average molecular weight is 272 g/mol. The first kappa shape index (κ1) is 11.9. The predicted molar refractivity (Wildman–Crippen MR) is 76.7 cm³/mol. The Morgan fingerprint density at radius 1 is 1.26 bits per heavy atom. The van der Waals surface area contributed by atoms with Gasteiger partial charge in [-0.25, -0.2) is 4.40 Å². The zero-order valence-corrected chi connectivity index (χ0v) is 11.4. The molecule has 0 aliphatic heterocycles. The molecule has 5 nitrogen and oxygen atoms in total. The molecule has 0 aliphatic carbocycles. The lowest BCUT2D eigenvalue weighted by Gasteiger charge is -2.11. The van der Waals surface area contributed by atoms with Crippen molar-refractivity contribution in [3.8, 4) is 0 Å². The third-order valence-electron chi connectivity index (χ3n) is 2.85. The molecule has 0 unspecified atom stereocenters. The zero-order chi connectivity index (χ0) is 13.4. The second-order valence-electron chi connectivity index (χ2n) is 4.39. The van der Waals surface area contributed by atoms with Crippen LogP contribution in [0.3, 0.4) is 0 Å². The van der Waals surface area contributed by atoms with Gasteiger partial charge in [0.2, 0.25) is 4.96 Å². The maximum atomic E-state index is 12.0. The molecule has 2 heterocycles. The monoisotopic (exact) mass is 272 g/mol. The number of fused-ring (bicyclic) bond motifs is 1. The Bertz CT molecular complexity index is 817. The molecule has 0 bridgehead atoms. The quantitative estimate of drug-likeness (QED) is 0.691. The molecule has 1 aromatic carbocycles. The number of benzene rings is 1. The van der Waals surface area contributed by atoms with Crippen molar-refractivity contribution >= 4 is 28.1 Å². The molecule has 0 saturated heterocycles. The topological polar surface area (TPSA) is 50.5 Å². The third kappa shape index (κ3) is 2.10. The molecule has 6 heteroatoms. The predicted octanol–water partition coefficient (Wildman–Crippen LogP) is 0.765. The normalized spacial score (nSPS) is 12.2. The molecule has 2 aromatic heterocycles. The first-order valence-electron chi connectivity index (χ1n) is 5.77. The number of rotatable bonds is 2. The van der Waals surface area contributed by atoms with Crippen molar-refractivity contribution in [2.45, 2.75) is 0 Å². The fourth-order valence-corrected chi connectivity index (χ4v) is 2.70. The molecule has 0 fully saturated rings. The number of hydrogen-bond donors (Lipinski definition) is 0. The maximum Gasteiger partial charge on any atom is 0.275 e. The Morgan fingerprint density at radius 2 is 2.00 bits per heavy atom.